The molecule has 0 amide bonds. The maximum absolute atomic E-state index is 12.2. The summed E-state index contributed by atoms with van der Waals surface area (Å²) in [5.74, 6) is 0.0528. The number of carbonyl (C=O) groups excluding carboxylic acids is 1. The molecule has 0 N–H and O–H groups in total. The molecule has 2 rings (SSSR count). The Morgan fingerprint density at radius 3 is 2.29 bits per heavy atom. The zero-order valence-corrected chi connectivity index (χ0v) is 13.2. The van der Waals surface area contributed by atoms with Crippen LogP contribution < -0.4 is 0 Å². The normalized spacial score (nSPS) is 12.1. The van der Waals surface area contributed by atoms with Gasteiger partial charge in [0, 0.05) is 0 Å². The molecule has 1 atom stereocenters. The van der Waals surface area contributed by atoms with E-state index >= 15 is 0 Å². The number of unbranched alkanes of at least 4 members (excludes halogenated alkanes) is 1. The minimum atomic E-state index is -0.147. The standard InChI is InChI=1S/C20H24O/c1-4-5-9-17-11-13-18(14-12-17)20(16(3)21)19-10-7-6-8-15(19)2/h6-8,10-14,20H,4-5,9H2,1-3H3. The van der Waals surface area contributed by atoms with Crippen LogP contribution in [0, 0.1) is 6.92 Å². The van der Waals surface area contributed by atoms with Gasteiger partial charge in [0.25, 0.3) is 0 Å². The average molecular weight is 280 g/mol. The van der Waals surface area contributed by atoms with Gasteiger partial charge in [-0.2, -0.15) is 0 Å². The van der Waals surface area contributed by atoms with Crippen molar-refractivity contribution in [2.24, 2.45) is 0 Å². The van der Waals surface area contributed by atoms with Crippen molar-refractivity contribution in [2.75, 3.05) is 0 Å². The van der Waals surface area contributed by atoms with Crippen molar-refractivity contribution in [3.05, 3.63) is 70.8 Å². The molecule has 0 aromatic heterocycles. The van der Waals surface area contributed by atoms with E-state index in [1.807, 2.05) is 12.1 Å². The maximum atomic E-state index is 12.2. The zero-order valence-electron chi connectivity index (χ0n) is 13.2. The second-order valence-corrected chi connectivity index (χ2v) is 5.75. The van der Waals surface area contributed by atoms with Gasteiger partial charge in [-0.25, -0.2) is 0 Å². The van der Waals surface area contributed by atoms with Crippen molar-refractivity contribution in [3.8, 4) is 0 Å². The molecule has 0 bridgehead atoms. The Kier molecular flexibility index (Phi) is 5.32. The van der Waals surface area contributed by atoms with Gasteiger partial charge < -0.3 is 0 Å². The Hall–Kier alpha value is -1.89. The molecule has 0 aliphatic rings. The minimum Gasteiger partial charge on any atom is -0.299 e. The molecule has 0 heterocycles. The van der Waals surface area contributed by atoms with Gasteiger partial charge in [-0.05, 0) is 48.9 Å². The number of rotatable bonds is 6. The lowest BCUT2D eigenvalue weighted by Gasteiger charge is -2.17. The van der Waals surface area contributed by atoms with E-state index in [2.05, 4.69) is 50.2 Å². The first kappa shape index (κ1) is 15.5. The molecule has 1 heteroatoms. The first-order chi connectivity index (χ1) is 10.1. The summed E-state index contributed by atoms with van der Waals surface area (Å²) < 4.78 is 0. The van der Waals surface area contributed by atoms with E-state index in [-0.39, 0.29) is 11.7 Å². The summed E-state index contributed by atoms with van der Waals surface area (Å²) in [4.78, 5) is 12.2. The molecule has 2 aromatic carbocycles. The van der Waals surface area contributed by atoms with Gasteiger partial charge in [0.05, 0.1) is 5.92 Å². The molecule has 0 aliphatic heterocycles. The van der Waals surface area contributed by atoms with Crippen molar-refractivity contribution in [2.45, 2.75) is 46.0 Å². The molecule has 1 nitrogen and oxygen atoms in total. The second-order valence-electron chi connectivity index (χ2n) is 5.75. The van der Waals surface area contributed by atoms with Gasteiger partial charge in [-0.3, -0.25) is 4.79 Å². The summed E-state index contributed by atoms with van der Waals surface area (Å²) in [5.41, 5.74) is 4.74. The highest BCUT2D eigenvalue weighted by Gasteiger charge is 2.20. The van der Waals surface area contributed by atoms with Gasteiger partial charge in [-0.1, -0.05) is 61.9 Å². The largest absolute Gasteiger partial charge is 0.299 e. The van der Waals surface area contributed by atoms with Crippen LogP contribution in [0.25, 0.3) is 0 Å². The molecule has 0 aliphatic carbocycles. The van der Waals surface area contributed by atoms with E-state index in [0.717, 1.165) is 17.5 Å². The third kappa shape index (κ3) is 3.81. The van der Waals surface area contributed by atoms with Crippen LogP contribution in [0.3, 0.4) is 0 Å². The van der Waals surface area contributed by atoms with E-state index in [1.165, 1.54) is 24.0 Å². The molecule has 21 heavy (non-hydrogen) atoms. The summed E-state index contributed by atoms with van der Waals surface area (Å²) in [7, 11) is 0. The molecule has 1 unspecified atom stereocenters. The molecular weight excluding hydrogens is 256 g/mol. The van der Waals surface area contributed by atoms with Crippen molar-refractivity contribution in [1.29, 1.82) is 0 Å². The third-order valence-corrected chi connectivity index (χ3v) is 4.04. The first-order valence-corrected chi connectivity index (χ1v) is 7.78. The van der Waals surface area contributed by atoms with Gasteiger partial charge in [-0.15, -0.1) is 0 Å². The van der Waals surface area contributed by atoms with Crippen molar-refractivity contribution < 1.29 is 4.79 Å². The molecule has 0 radical (unpaired) electrons. The monoisotopic (exact) mass is 280 g/mol. The molecule has 110 valence electrons. The van der Waals surface area contributed by atoms with Crippen LogP contribution in [0.2, 0.25) is 0 Å². The predicted molar refractivity (Wildman–Crippen MR) is 88.8 cm³/mol. The van der Waals surface area contributed by atoms with Crippen molar-refractivity contribution in [3.63, 3.8) is 0 Å². The fourth-order valence-electron chi connectivity index (χ4n) is 2.80. The van der Waals surface area contributed by atoms with Gasteiger partial charge in [0.1, 0.15) is 5.78 Å². The number of aryl methyl sites for hydroxylation is 2. The highest BCUT2D eigenvalue weighted by atomic mass is 16.1. The summed E-state index contributed by atoms with van der Waals surface area (Å²) in [6.07, 6.45) is 3.54. The maximum Gasteiger partial charge on any atom is 0.141 e. The summed E-state index contributed by atoms with van der Waals surface area (Å²) in [5, 5.41) is 0. The number of carbonyl (C=O) groups is 1. The van der Waals surface area contributed by atoms with Crippen LogP contribution in [-0.4, -0.2) is 5.78 Å². The second kappa shape index (κ2) is 7.21. The van der Waals surface area contributed by atoms with Crippen LogP contribution >= 0.6 is 0 Å². The summed E-state index contributed by atoms with van der Waals surface area (Å²) in [6, 6.07) is 16.7. The molecule has 0 fully saturated rings. The topological polar surface area (TPSA) is 17.1 Å². The molecule has 0 spiro atoms. The summed E-state index contributed by atoms with van der Waals surface area (Å²) >= 11 is 0. The van der Waals surface area contributed by atoms with Crippen LogP contribution in [0.5, 0.6) is 0 Å². The lowest BCUT2D eigenvalue weighted by Crippen LogP contribution is -2.12. The number of ketones is 1. The molecule has 0 saturated carbocycles. The fourth-order valence-corrected chi connectivity index (χ4v) is 2.80. The summed E-state index contributed by atoms with van der Waals surface area (Å²) in [6.45, 7) is 5.96. The molecular formula is C20H24O. The predicted octanol–water partition coefficient (Wildman–Crippen LogP) is 5.06. The lowest BCUT2D eigenvalue weighted by atomic mass is 9.85. The van der Waals surface area contributed by atoms with Crippen LogP contribution in [0.15, 0.2) is 48.5 Å². The quantitative estimate of drug-likeness (QED) is 0.723. The highest BCUT2D eigenvalue weighted by molar-refractivity contribution is 5.87. The Balaban J connectivity index is 2.31. The number of benzene rings is 2. The molecule has 2 aromatic rings. The Labute approximate surface area is 128 Å². The van der Waals surface area contributed by atoms with Gasteiger partial charge in [0.2, 0.25) is 0 Å². The van der Waals surface area contributed by atoms with E-state index in [4.69, 9.17) is 0 Å². The van der Waals surface area contributed by atoms with Crippen LogP contribution in [0.1, 0.15) is 54.9 Å². The third-order valence-electron chi connectivity index (χ3n) is 4.04. The smallest absolute Gasteiger partial charge is 0.141 e. The van der Waals surface area contributed by atoms with Crippen LogP contribution in [0.4, 0.5) is 0 Å². The first-order valence-electron chi connectivity index (χ1n) is 7.78. The highest BCUT2D eigenvalue weighted by Crippen LogP contribution is 2.28. The van der Waals surface area contributed by atoms with Crippen LogP contribution in [-0.2, 0) is 11.2 Å². The van der Waals surface area contributed by atoms with Gasteiger partial charge >= 0.3 is 0 Å². The van der Waals surface area contributed by atoms with E-state index in [9.17, 15) is 4.79 Å². The van der Waals surface area contributed by atoms with Gasteiger partial charge in [0.15, 0.2) is 0 Å². The minimum absolute atomic E-state index is 0.147. The van der Waals surface area contributed by atoms with E-state index < -0.39 is 0 Å². The SMILES string of the molecule is CCCCc1ccc(C(C(C)=O)c2ccccc2C)cc1. The lowest BCUT2D eigenvalue weighted by molar-refractivity contribution is -0.117. The molecule has 0 saturated heterocycles. The fraction of sp³-hybridized carbons (Fsp3) is 0.350. The van der Waals surface area contributed by atoms with E-state index in [0.29, 0.717) is 0 Å². The van der Waals surface area contributed by atoms with Crippen molar-refractivity contribution in [1.82, 2.24) is 0 Å². The number of hydrogen-bond donors (Lipinski definition) is 0. The zero-order chi connectivity index (χ0) is 15.2. The Bertz CT molecular complexity index is 595. The van der Waals surface area contributed by atoms with Crippen molar-refractivity contribution >= 4 is 5.78 Å². The Morgan fingerprint density at radius 1 is 1.05 bits per heavy atom. The Morgan fingerprint density at radius 2 is 1.71 bits per heavy atom. The number of Topliss-reactive ketones (excluding diaryl/α,β-unsaturated/α-hetero) is 1. The number of hydrogen-bond acceptors (Lipinski definition) is 1. The average Bonchev–Trinajstić information content (AvgIpc) is 2.48. The van der Waals surface area contributed by atoms with E-state index in [1.54, 1.807) is 6.92 Å².